The third kappa shape index (κ3) is 1.05. The van der Waals surface area contributed by atoms with Gasteiger partial charge in [-0.3, -0.25) is 10.00 Å². The zero-order valence-electron chi connectivity index (χ0n) is 7.08. The molecule has 0 spiro atoms. The van der Waals surface area contributed by atoms with E-state index in [9.17, 15) is 0 Å². The molecule has 0 amide bonds. The van der Waals surface area contributed by atoms with Crippen LogP contribution in [0.5, 0.6) is 0 Å². The first-order valence-corrected chi connectivity index (χ1v) is 4.65. The van der Waals surface area contributed by atoms with Crippen molar-refractivity contribution in [1.29, 1.82) is 0 Å². The summed E-state index contributed by atoms with van der Waals surface area (Å²) < 4.78 is 0. The third-order valence-electron chi connectivity index (χ3n) is 2.80. The molecule has 0 aromatic carbocycles. The van der Waals surface area contributed by atoms with Crippen molar-refractivity contribution in [3.63, 3.8) is 0 Å². The van der Waals surface area contributed by atoms with Crippen LogP contribution in [-0.4, -0.2) is 21.6 Å². The number of aromatic amines is 1. The number of H-pyrrole nitrogens is 1. The maximum atomic E-state index is 4.02. The zero-order valence-corrected chi connectivity index (χ0v) is 7.08. The third-order valence-corrected chi connectivity index (χ3v) is 2.80. The summed E-state index contributed by atoms with van der Waals surface area (Å²) in [5.74, 6) is 1.00. The van der Waals surface area contributed by atoms with E-state index in [-0.39, 0.29) is 0 Å². The van der Waals surface area contributed by atoms with Crippen LogP contribution in [-0.2, 0) is 13.1 Å². The average Bonchev–Trinajstić information content (AvgIpc) is 2.56. The first-order valence-electron chi connectivity index (χ1n) is 4.65. The number of hydrogen-bond donors (Lipinski definition) is 1. The molecule has 0 unspecified atom stereocenters. The Kier molecular flexibility index (Phi) is 1.29. The van der Waals surface area contributed by atoms with Crippen molar-refractivity contribution >= 4 is 0 Å². The molecule has 2 aliphatic rings. The highest BCUT2D eigenvalue weighted by Gasteiger charge is 2.28. The molecule has 0 saturated heterocycles. The lowest BCUT2D eigenvalue weighted by molar-refractivity contribution is 0.269. The highest BCUT2D eigenvalue weighted by atomic mass is 15.2. The minimum atomic E-state index is 1.00. The molecule has 2 heterocycles. The van der Waals surface area contributed by atoms with Crippen LogP contribution in [0.4, 0.5) is 0 Å². The molecule has 3 rings (SSSR count). The lowest BCUT2D eigenvalue weighted by Gasteiger charge is -2.13. The molecule has 1 aliphatic carbocycles. The van der Waals surface area contributed by atoms with Gasteiger partial charge in [0.25, 0.3) is 0 Å². The number of aromatic nitrogens is 2. The van der Waals surface area contributed by atoms with Crippen LogP contribution in [0.15, 0.2) is 6.20 Å². The summed E-state index contributed by atoms with van der Waals surface area (Å²) in [6.45, 7) is 3.50. The van der Waals surface area contributed by atoms with E-state index in [1.807, 2.05) is 6.20 Å². The van der Waals surface area contributed by atoms with Crippen molar-refractivity contribution in [1.82, 2.24) is 15.1 Å². The molecular formula is C9H13N3. The van der Waals surface area contributed by atoms with Crippen molar-refractivity contribution in [2.75, 3.05) is 6.54 Å². The fraction of sp³-hybridized carbons (Fsp3) is 0.667. The van der Waals surface area contributed by atoms with E-state index in [1.165, 1.54) is 30.6 Å². The van der Waals surface area contributed by atoms with Gasteiger partial charge in [-0.2, -0.15) is 5.10 Å². The molecule has 12 heavy (non-hydrogen) atoms. The maximum absolute atomic E-state index is 4.02. The summed E-state index contributed by atoms with van der Waals surface area (Å²) in [5, 5.41) is 7.07. The lowest BCUT2D eigenvalue weighted by Crippen LogP contribution is -2.19. The van der Waals surface area contributed by atoms with E-state index in [0.29, 0.717) is 0 Å². The highest BCUT2D eigenvalue weighted by molar-refractivity contribution is 5.20. The Hall–Kier alpha value is -0.830. The Labute approximate surface area is 71.8 Å². The molecule has 3 nitrogen and oxygen atoms in total. The molecule has 1 aromatic heterocycles. The van der Waals surface area contributed by atoms with Gasteiger partial charge in [0.05, 0.1) is 11.9 Å². The minimum Gasteiger partial charge on any atom is -0.293 e. The van der Waals surface area contributed by atoms with Gasteiger partial charge in [-0.25, -0.2) is 0 Å². The van der Waals surface area contributed by atoms with Gasteiger partial charge in [-0.1, -0.05) is 0 Å². The van der Waals surface area contributed by atoms with Crippen LogP contribution in [0.1, 0.15) is 24.1 Å². The van der Waals surface area contributed by atoms with Crippen LogP contribution in [0.2, 0.25) is 0 Å². The second kappa shape index (κ2) is 2.33. The van der Waals surface area contributed by atoms with Crippen molar-refractivity contribution in [3.8, 4) is 0 Å². The van der Waals surface area contributed by atoms with E-state index in [2.05, 4.69) is 15.1 Å². The summed E-state index contributed by atoms with van der Waals surface area (Å²) in [6, 6.07) is 0. The topological polar surface area (TPSA) is 31.9 Å². The lowest BCUT2D eigenvalue weighted by atomic mass is 10.3. The summed E-state index contributed by atoms with van der Waals surface area (Å²) in [4.78, 5) is 2.51. The second-order valence-electron chi connectivity index (χ2n) is 3.99. The Morgan fingerprint density at radius 1 is 1.50 bits per heavy atom. The van der Waals surface area contributed by atoms with E-state index in [0.717, 1.165) is 19.0 Å². The standard InChI is InChI=1S/C9H13N3/c1-2-7(1)4-12-5-8-3-10-11-9(8)6-12/h3,7H,1-2,4-6H2,(H,10,11). The molecule has 3 heteroatoms. The first-order chi connectivity index (χ1) is 5.92. The van der Waals surface area contributed by atoms with Crippen molar-refractivity contribution < 1.29 is 0 Å². The van der Waals surface area contributed by atoms with Gasteiger partial charge in [0.1, 0.15) is 0 Å². The van der Waals surface area contributed by atoms with Gasteiger partial charge in [-0.05, 0) is 18.8 Å². The van der Waals surface area contributed by atoms with Crippen LogP contribution in [0.25, 0.3) is 0 Å². The van der Waals surface area contributed by atoms with Gasteiger partial charge < -0.3 is 0 Å². The molecule has 0 bridgehead atoms. The largest absolute Gasteiger partial charge is 0.293 e. The minimum absolute atomic E-state index is 1.00. The predicted octanol–water partition coefficient (Wildman–Crippen LogP) is 1.14. The Morgan fingerprint density at radius 2 is 2.42 bits per heavy atom. The molecule has 1 aromatic rings. The van der Waals surface area contributed by atoms with Gasteiger partial charge in [-0.15, -0.1) is 0 Å². The first kappa shape index (κ1) is 6.66. The molecule has 64 valence electrons. The summed E-state index contributed by atoms with van der Waals surface area (Å²) in [5.41, 5.74) is 2.73. The molecule has 1 aliphatic heterocycles. The molecule has 1 saturated carbocycles. The van der Waals surface area contributed by atoms with Crippen molar-refractivity contribution in [3.05, 3.63) is 17.5 Å². The Balaban J connectivity index is 1.69. The summed E-state index contributed by atoms with van der Waals surface area (Å²) in [6.07, 6.45) is 4.85. The fourth-order valence-electron chi connectivity index (χ4n) is 1.93. The highest BCUT2D eigenvalue weighted by Crippen LogP contribution is 2.32. The summed E-state index contributed by atoms with van der Waals surface area (Å²) >= 11 is 0. The van der Waals surface area contributed by atoms with Crippen molar-refractivity contribution in [2.24, 2.45) is 5.92 Å². The smallest absolute Gasteiger partial charge is 0.0537 e. The van der Waals surface area contributed by atoms with Gasteiger partial charge in [0.15, 0.2) is 0 Å². The SMILES string of the molecule is c1n[nH]c2c1CN(CC1CC1)C2. The number of nitrogens with zero attached hydrogens (tertiary/aromatic N) is 2. The van der Waals surface area contributed by atoms with E-state index in [1.54, 1.807) is 0 Å². The maximum Gasteiger partial charge on any atom is 0.0537 e. The quantitative estimate of drug-likeness (QED) is 0.709. The van der Waals surface area contributed by atoms with Crippen LogP contribution in [0, 0.1) is 5.92 Å². The number of rotatable bonds is 2. The van der Waals surface area contributed by atoms with Crippen LogP contribution >= 0.6 is 0 Å². The Morgan fingerprint density at radius 3 is 3.17 bits per heavy atom. The molecule has 0 atom stereocenters. The predicted molar refractivity (Wildman–Crippen MR) is 45.4 cm³/mol. The normalized spacial score (nSPS) is 23.0. The number of fused-ring (bicyclic) bond motifs is 1. The van der Waals surface area contributed by atoms with Crippen LogP contribution < -0.4 is 0 Å². The second-order valence-corrected chi connectivity index (χ2v) is 3.99. The van der Waals surface area contributed by atoms with E-state index in [4.69, 9.17) is 0 Å². The van der Waals surface area contributed by atoms with Gasteiger partial charge >= 0.3 is 0 Å². The molecular weight excluding hydrogens is 150 g/mol. The Bertz CT molecular complexity index is 267. The number of hydrogen-bond acceptors (Lipinski definition) is 2. The molecule has 1 fully saturated rings. The monoisotopic (exact) mass is 163 g/mol. The molecule has 1 N–H and O–H groups in total. The van der Waals surface area contributed by atoms with Crippen molar-refractivity contribution in [2.45, 2.75) is 25.9 Å². The fourth-order valence-corrected chi connectivity index (χ4v) is 1.93. The van der Waals surface area contributed by atoms with Gasteiger partial charge in [0.2, 0.25) is 0 Å². The zero-order chi connectivity index (χ0) is 7.97. The molecule has 0 radical (unpaired) electrons. The average molecular weight is 163 g/mol. The van der Waals surface area contributed by atoms with Gasteiger partial charge in [0, 0.05) is 25.2 Å². The van der Waals surface area contributed by atoms with Crippen LogP contribution in [0.3, 0.4) is 0 Å². The van der Waals surface area contributed by atoms with E-state index >= 15 is 0 Å². The number of nitrogens with one attached hydrogen (secondary N) is 1. The van der Waals surface area contributed by atoms with E-state index < -0.39 is 0 Å². The summed E-state index contributed by atoms with van der Waals surface area (Å²) in [7, 11) is 0.